The summed E-state index contributed by atoms with van der Waals surface area (Å²) in [4.78, 5) is 0. The van der Waals surface area contributed by atoms with Gasteiger partial charge in [0.25, 0.3) is 0 Å². The zero-order valence-corrected chi connectivity index (χ0v) is 10.7. The molecule has 16 heavy (non-hydrogen) atoms. The van der Waals surface area contributed by atoms with Crippen LogP contribution in [-0.2, 0) is 6.42 Å². The first-order valence-corrected chi connectivity index (χ1v) is 5.87. The van der Waals surface area contributed by atoms with Gasteiger partial charge in [-0.05, 0) is 30.7 Å². The summed E-state index contributed by atoms with van der Waals surface area (Å²) in [6.07, 6.45) is 0.849. The highest BCUT2D eigenvalue weighted by atomic mass is 35.5. The number of hydrogen-bond donors (Lipinski definition) is 1. The van der Waals surface area contributed by atoms with Gasteiger partial charge in [0.2, 0.25) is 0 Å². The number of aromatic nitrogens is 2. The zero-order chi connectivity index (χ0) is 12.0. The van der Waals surface area contributed by atoms with Crippen molar-refractivity contribution >= 4 is 11.6 Å². The van der Waals surface area contributed by atoms with Crippen LogP contribution in [0.2, 0.25) is 5.02 Å². The lowest BCUT2D eigenvalue weighted by Crippen LogP contribution is -1.87. The fourth-order valence-electron chi connectivity index (χ4n) is 1.38. The Morgan fingerprint density at radius 1 is 1.19 bits per heavy atom. The molecule has 0 aliphatic rings. The second-order valence-electron chi connectivity index (χ2n) is 3.35. The highest BCUT2D eigenvalue weighted by Gasteiger charge is 1.99. The van der Waals surface area contributed by atoms with Gasteiger partial charge < -0.3 is 0 Å². The summed E-state index contributed by atoms with van der Waals surface area (Å²) in [5, 5.41) is 7.87. The second kappa shape index (κ2) is 6.33. The topological polar surface area (TPSA) is 28.7 Å². The van der Waals surface area contributed by atoms with E-state index in [1.165, 1.54) is 5.56 Å². The van der Waals surface area contributed by atoms with Gasteiger partial charge in [-0.25, -0.2) is 0 Å². The van der Waals surface area contributed by atoms with Crippen LogP contribution in [0.4, 0.5) is 0 Å². The van der Waals surface area contributed by atoms with Crippen LogP contribution < -0.4 is 0 Å². The monoisotopic (exact) mass is 236 g/mol. The van der Waals surface area contributed by atoms with Gasteiger partial charge in [-0.1, -0.05) is 37.6 Å². The summed E-state index contributed by atoms with van der Waals surface area (Å²) in [5.74, 6) is 0. The van der Waals surface area contributed by atoms with E-state index in [9.17, 15) is 0 Å². The summed E-state index contributed by atoms with van der Waals surface area (Å²) < 4.78 is 0. The molecule has 2 nitrogen and oxygen atoms in total. The van der Waals surface area contributed by atoms with Gasteiger partial charge in [-0.3, -0.25) is 5.10 Å². The molecular formula is C13H17ClN2. The molecule has 0 aliphatic carbocycles. The number of benzene rings is 1. The van der Waals surface area contributed by atoms with Gasteiger partial charge in [0.15, 0.2) is 0 Å². The molecule has 0 spiro atoms. The number of aryl methyl sites for hydroxylation is 1. The average molecular weight is 237 g/mol. The van der Waals surface area contributed by atoms with E-state index < -0.39 is 0 Å². The number of halogens is 1. The lowest BCUT2D eigenvalue weighted by atomic mass is 10.1. The van der Waals surface area contributed by atoms with Crippen LogP contribution in [0, 0.1) is 6.92 Å². The van der Waals surface area contributed by atoms with Gasteiger partial charge in [0.05, 0.1) is 5.69 Å². The highest BCUT2D eigenvalue weighted by molar-refractivity contribution is 6.30. The molecule has 0 amide bonds. The third-order valence-electron chi connectivity index (χ3n) is 2.06. The molecule has 1 aromatic heterocycles. The molecule has 0 bridgehead atoms. The molecule has 2 rings (SSSR count). The quantitative estimate of drug-likeness (QED) is 0.839. The molecule has 2 aromatic rings. The number of aromatic amines is 1. The Labute approximate surface area is 102 Å². The first-order chi connectivity index (χ1) is 7.74. The second-order valence-corrected chi connectivity index (χ2v) is 3.78. The van der Waals surface area contributed by atoms with Gasteiger partial charge in [0, 0.05) is 17.1 Å². The van der Waals surface area contributed by atoms with Crippen LogP contribution in [-0.4, -0.2) is 10.2 Å². The zero-order valence-electron chi connectivity index (χ0n) is 9.92. The normalized spacial score (nSPS) is 9.50. The molecule has 0 fully saturated rings. The van der Waals surface area contributed by atoms with E-state index in [0.29, 0.717) is 0 Å². The number of rotatable bonds is 2. The Kier molecular flexibility index (Phi) is 5.06. The van der Waals surface area contributed by atoms with Gasteiger partial charge in [-0.2, -0.15) is 5.10 Å². The van der Waals surface area contributed by atoms with E-state index in [0.717, 1.165) is 22.8 Å². The van der Waals surface area contributed by atoms with Crippen LogP contribution >= 0.6 is 11.6 Å². The first-order valence-electron chi connectivity index (χ1n) is 5.49. The Morgan fingerprint density at radius 3 is 2.31 bits per heavy atom. The Balaban J connectivity index is 0.000000606. The maximum absolute atomic E-state index is 5.80. The van der Waals surface area contributed by atoms with Crippen molar-refractivity contribution < 1.29 is 0 Å². The number of nitrogens with zero attached hydrogens (tertiary/aromatic N) is 1. The number of hydrogen-bond acceptors (Lipinski definition) is 1. The number of H-pyrrole nitrogens is 1. The first kappa shape index (κ1) is 12.8. The number of nitrogens with one attached hydrogen (secondary N) is 1. The Bertz CT molecular complexity index is 418. The van der Waals surface area contributed by atoms with E-state index in [2.05, 4.69) is 16.3 Å². The van der Waals surface area contributed by atoms with Crippen molar-refractivity contribution in [3.05, 3.63) is 52.3 Å². The molecule has 0 atom stereocenters. The molecule has 86 valence electrons. The molecular weight excluding hydrogens is 220 g/mol. The molecule has 3 heteroatoms. The van der Waals surface area contributed by atoms with Crippen molar-refractivity contribution in [1.82, 2.24) is 10.2 Å². The third kappa shape index (κ3) is 3.70. The third-order valence-corrected chi connectivity index (χ3v) is 2.31. The minimum Gasteiger partial charge on any atom is -0.283 e. The maximum atomic E-state index is 5.80. The van der Waals surface area contributed by atoms with Gasteiger partial charge in [0.1, 0.15) is 0 Å². The fourth-order valence-corrected chi connectivity index (χ4v) is 1.50. The lowest BCUT2D eigenvalue weighted by molar-refractivity contribution is 0.980. The predicted molar refractivity (Wildman–Crippen MR) is 68.9 cm³/mol. The van der Waals surface area contributed by atoms with Crippen LogP contribution in [0.5, 0.6) is 0 Å². The van der Waals surface area contributed by atoms with E-state index in [1.807, 2.05) is 45.0 Å². The molecule has 0 saturated heterocycles. The van der Waals surface area contributed by atoms with Crippen molar-refractivity contribution in [3.8, 4) is 0 Å². The molecule has 0 aliphatic heterocycles. The summed E-state index contributed by atoms with van der Waals surface area (Å²) >= 11 is 5.80. The van der Waals surface area contributed by atoms with Crippen LogP contribution in [0.3, 0.4) is 0 Å². The fraction of sp³-hybridized carbons (Fsp3) is 0.308. The predicted octanol–water partition coefficient (Wildman–Crippen LogP) is 3.99. The molecule has 1 N–H and O–H groups in total. The minimum absolute atomic E-state index is 0.770. The standard InChI is InChI=1S/C11H11ClN2.C2H6/c1-8-6-11(14-13-8)7-9-2-4-10(12)5-3-9;1-2/h2-6H,7H2,1H3,(H,13,14);1-2H3. The van der Waals surface area contributed by atoms with Crippen LogP contribution in [0.1, 0.15) is 30.8 Å². The van der Waals surface area contributed by atoms with Crippen LogP contribution in [0.15, 0.2) is 30.3 Å². The summed E-state index contributed by atoms with van der Waals surface area (Å²) in [6.45, 7) is 6.00. The van der Waals surface area contributed by atoms with Crippen molar-refractivity contribution in [1.29, 1.82) is 0 Å². The molecule has 1 heterocycles. The smallest absolute Gasteiger partial charge is 0.0668 e. The lowest BCUT2D eigenvalue weighted by Gasteiger charge is -1.97. The van der Waals surface area contributed by atoms with E-state index in [-0.39, 0.29) is 0 Å². The van der Waals surface area contributed by atoms with Crippen molar-refractivity contribution in [2.75, 3.05) is 0 Å². The molecule has 1 aromatic carbocycles. The Morgan fingerprint density at radius 2 is 1.81 bits per heavy atom. The summed E-state index contributed by atoms with van der Waals surface area (Å²) in [5.41, 5.74) is 3.37. The maximum Gasteiger partial charge on any atom is 0.0668 e. The van der Waals surface area contributed by atoms with Crippen LogP contribution in [0.25, 0.3) is 0 Å². The highest BCUT2D eigenvalue weighted by Crippen LogP contribution is 2.12. The van der Waals surface area contributed by atoms with Crippen molar-refractivity contribution in [3.63, 3.8) is 0 Å². The molecule has 0 saturated carbocycles. The van der Waals surface area contributed by atoms with E-state index in [1.54, 1.807) is 0 Å². The van der Waals surface area contributed by atoms with Crippen molar-refractivity contribution in [2.45, 2.75) is 27.2 Å². The van der Waals surface area contributed by atoms with Gasteiger partial charge >= 0.3 is 0 Å². The molecule has 0 unspecified atom stereocenters. The largest absolute Gasteiger partial charge is 0.283 e. The summed E-state index contributed by atoms with van der Waals surface area (Å²) in [6, 6.07) is 9.89. The summed E-state index contributed by atoms with van der Waals surface area (Å²) in [7, 11) is 0. The van der Waals surface area contributed by atoms with Crippen molar-refractivity contribution in [2.24, 2.45) is 0 Å². The SMILES string of the molecule is CC.Cc1cc(Cc2ccc(Cl)cc2)n[nH]1. The Hall–Kier alpha value is -1.28. The van der Waals surface area contributed by atoms with E-state index >= 15 is 0 Å². The van der Waals surface area contributed by atoms with Gasteiger partial charge in [-0.15, -0.1) is 0 Å². The molecule has 0 radical (unpaired) electrons. The average Bonchev–Trinajstić information content (AvgIpc) is 2.70. The van der Waals surface area contributed by atoms with E-state index in [4.69, 9.17) is 11.6 Å². The minimum atomic E-state index is 0.770.